The van der Waals surface area contributed by atoms with Crippen LogP contribution in [0.25, 0.3) is 0 Å². The molecule has 18 heavy (non-hydrogen) atoms. The zero-order valence-electron chi connectivity index (χ0n) is 12.9. The van der Waals surface area contributed by atoms with E-state index in [1.807, 2.05) is 6.92 Å². The summed E-state index contributed by atoms with van der Waals surface area (Å²) in [6.45, 7) is 18.2. The number of rotatable bonds is 3. The SMILES string of the molecule is CC(C#N)CN1CCN(C(C)(C)C)C([SiH](C)C)C1. The molecular formula is C14H29N3Si. The van der Waals surface area contributed by atoms with Crippen molar-refractivity contribution in [2.24, 2.45) is 5.92 Å². The van der Waals surface area contributed by atoms with E-state index in [-0.39, 0.29) is 11.5 Å². The van der Waals surface area contributed by atoms with Crippen LogP contribution >= 0.6 is 0 Å². The van der Waals surface area contributed by atoms with Crippen molar-refractivity contribution in [1.29, 1.82) is 5.26 Å². The van der Waals surface area contributed by atoms with Crippen molar-refractivity contribution in [3.63, 3.8) is 0 Å². The average molecular weight is 267 g/mol. The largest absolute Gasteiger partial charge is 0.300 e. The maximum atomic E-state index is 8.94. The molecule has 1 fully saturated rings. The predicted molar refractivity (Wildman–Crippen MR) is 80.3 cm³/mol. The molecule has 1 heterocycles. The first-order valence-corrected chi connectivity index (χ1v) is 10.1. The van der Waals surface area contributed by atoms with Crippen molar-refractivity contribution >= 4 is 8.80 Å². The van der Waals surface area contributed by atoms with Crippen LogP contribution < -0.4 is 0 Å². The Morgan fingerprint density at radius 3 is 2.39 bits per heavy atom. The lowest BCUT2D eigenvalue weighted by Gasteiger charge is -2.49. The number of piperazine rings is 1. The summed E-state index contributed by atoms with van der Waals surface area (Å²) in [6, 6.07) is 2.35. The molecule has 0 N–H and O–H groups in total. The van der Waals surface area contributed by atoms with Gasteiger partial charge in [0.2, 0.25) is 0 Å². The minimum Gasteiger partial charge on any atom is -0.300 e. The van der Waals surface area contributed by atoms with Crippen LogP contribution in [-0.4, -0.2) is 56.0 Å². The summed E-state index contributed by atoms with van der Waals surface area (Å²) in [7, 11) is -0.701. The third-order valence-corrected chi connectivity index (χ3v) is 6.00. The Morgan fingerprint density at radius 2 is 1.94 bits per heavy atom. The maximum Gasteiger partial charge on any atom is 0.0666 e. The lowest BCUT2D eigenvalue weighted by Crippen LogP contribution is -2.63. The summed E-state index contributed by atoms with van der Waals surface area (Å²) in [5, 5.41) is 8.94. The highest BCUT2D eigenvalue weighted by Gasteiger charge is 2.35. The van der Waals surface area contributed by atoms with Gasteiger partial charge in [-0.05, 0) is 27.7 Å². The Hall–Kier alpha value is -0.373. The molecule has 0 aromatic carbocycles. The van der Waals surface area contributed by atoms with Gasteiger partial charge >= 0.3 is 0 Å². The van der Waals surface area contributed by atoms with Gasteiger partial charge in [-0.25, -0.2) is 0 Å². The number of hydrogen-bond donors (Lipinski definition) is 0. The fraction of sp³-hybridized carbons (Fsp3) is 0.929. The van der Waals surface area contributed by atoms with Gasteiger partial charge in [-0.2, -0.15) is 5.26 Å². The molecule has 0 spiro atoms. The van der Waals surface area contributed by atoms with E-state index in [2.05, 4.69) is 49.7 Å². The van der Waals surface area contributed by atoms with Crippen LogP contribution in [0.4, 0.5) is 0 Å². The van der Waals surface area contributed by atoms with Gasteiger partial charge in [0.05, 0.1) is 20.8 Å². The minimum absolute atomic E-state index is 0.153. The average Bonchev–Trinajstić information content (AvgIpc) is 2.27. The molecule has 4 heteroatoms. The highest BCUT2D eigenvalue weighted by molar-refractivity contribution is 6.57. The van der Waals surface area contributed by atoms with E-state index >= 15 is 0 Å². The highest BCUT2D eigenvalue weighted by Crippen LogP contribution is 2.23. The lowest BCUT2D eigenvalue weighted by molar-refractivity contribution is 0.0382. The molecule has 1 aliphatic heterocycles. The van der Waals surface area contributed by atoms with Gasteiger partial charge < -0.3 is 0 Å². The first-order valence-electron chi connectivity index (χ1n) is 7.14. The summed E-state index contributed by atoms with van der Waals surface area (Å²) in [4.78, 5) is 5.19. The zero-order chi connectivity index (χ0) is 13.9. The standard InChI is InChI=1S/C14H29N3Si/c1-12(9-15)10-16-7-8-17(14(2,3)4)13(11-16)18(5)6/h12-13,18H,7-8,10-11H2,1-6H3. The van der Waals surface area contributed by atoms with E-state index in [1.165, 1.54) is 0 Å². The molecule has 2 atom stereocenters. The Balaban J connectivity index is 2.69. The zero-order valence-corrected chi connectivity index (χ0v) is 14.1. The third kappa shape index (κ3) is 4.08. The first kappa shape index (κ1) is 15.7. The molecule has 0 aromatic rings. The van der Waals surface area contributed by atoms with Crippen molar-refractivity contribution in [1.82, 2.24) is 9.80 Å². The minimum atomic E-state index is -0.701. The molecule has 1 aliphatic rings. The summed E-state index contributed by atoms with van der Waals surface area (Å²) in [5.74, 6) is 0.153. The van der Waals surface area contributed by atoms with Crippen molar-refractivity contribution in [2.45, 2.75) is 52.0 Å². The monoisotopic (exact) mass is 267 g/mol. The number of nitrogens with zero attached hydrogens (tertiary/aromatic N) is 3. The summed E-state index contributed by atoms with van der Waals surface area (Å²) in [6.07, 6.45) is 0. The van der Waals surface area contributed by atoms with Crippen molar-refractivity contribution in [3.05, 3.63) is 0 Å². The molecule has 1 saturated heterocycles. The molecule has 104 valence electrons. The fourth-order valence-electron chi connectivity index (χ4n) is 2.87. The molecular weight excluding hydrogens is 238 g/mol. The molecule has 1 rings (SSSR count). The van der Waals surface area contributed by atoms with Crippen LogP contribution in [-0.2, 0) is 0 Å². The summed E-state index contributed by atoms with van der Waals surface area (Å²) < 4.78 is 0. The van der Waals surface area contributed by atoms with E-state index in [0.29, 0.717) is 0 Å². The van der Waals surface area contributed by atoms with Gasteiger partial charge in [-0.15, -0.1) is 0 Å². The van der Waals surface area contributed by atoms with Crippen LogP contribution in [0.3, 0.4) is 0 Å². The van der Waals surface area contributed by atoms with E-state index in [9.17, 15) is 0 Å². The topological polar surface area (TPSA) is 30.3 Å². The third-order valence-electron chi connectivity index (χ3n) is 3.89. The quantitative estimate of drug-likeness (QED) is 0.732. The number of hydrogen-bond acceptors (Lipinski definition) is 3. The second-order valence-corrected chi connectivity index (χ2v) is 10.2. The summed E-state index contributed by atoms with van der Waals surface area (Å²) >= 11 is 0. The maximum absolute atomic E-state index is 8.94. The molecule has 0 aromatic heterocycles. The van der Waals surface area contributed by atoms with Gasteiger partial charge in [0.25, 0.3) is 0 Å². The van der Waals surface area contributed by atoms with Crippen molar-refractivity contribution in [3.8, 4) is 6.07 Å². The normalized spacial score (nSPS) is 25.1. The lowest BCUT2D eigenvalue weighted by atomic mass is 10.0. The Labute approximate surface area is 114 Å². The first-order chi connectivity index (χ1) is 8.25. The molecule has 3 nitrogen and oxygen atoms in total. The molecule has 0 bridgehead atoms. The second kappa shape index (κ2) is 6.18. The van der Waals surface area contributed by atoms with Gasteiger partial charge in [-0.3, -0.25) is 9.80 Å². The smallest absolute Gasteiger partial charge is 0.0666 e. The number of nitriles is 1. The predicted octanol–water partition coefficient (Wildman–Crippen LogP) is 1.96. The van der Waals surface area contributed by atoms with E-state index < -0.39 is 8.80 Å². The van der Waals surface area contributed by atoms with E-state index in [4.69, 9.17) is 5.26 Å². The highest BCUT2D eigenvalue weighted by atomic mass is 28.3. The fourth-order valence-corrected chi connectivity index (χ4v) is 4.90. The molecule has 0 aliphatic carbocycles. The molecule has 0 radical (unpaired) electrons. The Morgan fingerprint density at radius 1 is 1.33 bits per heavy atom. The van der Waals surface area contributed by atoms with Crippen molar-refractivity contribution in [2.75, 3.05) is 26.2 Å². The van der Waals surface area contributed by atoms with E-state index in [1.54, 1.807) is 0 Å². The summed E-state index contributed by atoms with van der Waals surface area (Å²) in [5.41, 5.74) is 1.01. The van der Waals surface area contributed by atoms with Gasteiger partial charge in [0.15, 0.2) is 0 Å². The van der Waals surface area contributed by atoms with Gasteiger partial charge in [-0.1, -0.05) is 13.1 Å². The van der Waals surface area contributed by atoms with Gasteiger partial charge in [0.1, 0.15) is 0 Å². The van der Waals surface area contributed by atoms with Gasteiger partial charge in [0, 0.05) is 37.4 Å². The molecule has 0 saturated carbocycles. The van der Waals surface area contributed by atoms with Crippen LogP contribution in [0.15, 0.2) is 0 Å². The molecule has 2 unspecified atom stereocenters. The van der Waals surface area contributed by atoms with Crippen LogP contribution in [0.1, 0.15) is 27.7 Å². The Kier molecular flexibility index (Phi) is 5.39. The molecule has 0 amide bonds. The van der Waals surface area contributed by atoms with Crippen molar-refractivity contribution < 1.29 is 0 Å². The van der Waals surface area contributed by atoms with Crippen LogP contribution in [0.5, 0.6) is 0 Å². The van der Waals surface area contributed by atoms with Crippen LogP contribution in [0, 0.1) is 17.2 Å². The van der Waals surface area contributed by atoms with E-state index in [0.717, 1.165) is 31.8 Å². The van der Waals surface area contributed by atoms with Crippen LogP contribution in [0.2, 0.25) is 13.1 Å². The second-order valence-electron chi connectivity index (χ2n) is 6.97. The Bertz CT molecular complexity index is 303.